The van der Waals surface area contributed by atoms with Gasteiger partial charge in [0, 0.05) is 31.1 Å². The maximum Gasteiger partial charge on any atom is 0.130 e. The molecule has 4 N–H and O–H groups in total. The smallest absolute Gasteiger partial charge is 0.130 e. The molecule has 0 aliphatic heterocycles. The Kier molecular flexibility index (Phi) is 5.08. The summed E-state index contributed by atoms with van der Waals surface area (Å²) in [5.74, 6) is 0.690. The number of aromatic nitrogens is 1. The number of nitrogens with one attached hydrogen (secondary N) is 1. The Balaban J connectivity index is 2.49. The minimum atomic E-state index is 0.00513. The normalized spacial score (nSPS) is 10.8. The van der Waals surface area contributed by atoms with E-state index in [1.807, 2.05) is 29.2 Å². The summed E-state index contributed by atoms with van der Waals surface area (Å²) in [6, 6.07) is 9.37. The van der Waals surface area contributed by atoms with Gasteiger partial charge < -0.3 is 20.5 Å². The Morgan fingerprint density at radius 3 is 2.81 bits per heavy atom. The molecule has 2 rings (SSSR count). The molecule has 0 spiro atoms. The highest BCUT2D eigenvalue weighted by molar-refractivity contribution is 6.07. The van der Waals surface area contributed by atoms with Crippen LogP contribution < -0.4 is 10.6 Å². The largest absolute Gasteiger partial charge is 0.395 e. The van der Waals surface area contributed by atoms with Crippen LogP contribution in [0.4, 0.5) is 5.82 Å². The molecule has 0 saturated carbocycles. The molecule has 1 aromatic heterocycles. The van der Waals surface area contributed by atoms with Crippen molar-refractivity contribution in [3.05, 3.63) is 35.9 Å². The van der Waals surface area contributed by atoms with Crippen LogP contribution in [0, 0.1) is 5.41 Å². The second-order valence-electron chi connectivity index (χ2n) is 4.66. The minimum Gasteiger partial charge on any atom is -0.395 e. The van der Waals surface area contributed by atoms with E-state index in [1.165, 1.54) is 0 Å². The third kappa shape index (κ3) is 3.48. The molecule has 0 fully saturated rings. The zero-order chi connectivity index (χ0) is 15.2. The molecule has 6 heteroatoms. The van der Waals surface area contributed by atoms with Crippen molar-refractivity contribution in [2.24, 2.45) is 5.73 Å². The highest BCUT2D eigenvalue weighted by Gasteiger charge is 2.13. The van der Waals surface area contributed by atoms with E-state index in [0.29, 0.717) is 31.1 Å². The highest BCUT2D eigenvalue weighted by atomic mass is 16.5. The van der Waals surface area contributed by atoms with Gasteiger partial charge in [-0.3, -0.25) is 5.41 Å². The van der Waals surface area contributed by atoms with E-state index < -0.39 is 0 Å². The molecule has 112 valence electrons. The molecule has 0 atom stereocenters. The second-order valence-corrected chi connectivity index (χ2v) is 4.66. The lowest BCUT2D eigenvalue weighted by Crippen LogP contribution is -2.31. The van der Waals surface area contributed by atoms with E-state index >= 15 is 0 Å². The van der Waals surface area contributed by atoms with Crippen molar-refractivity contribution in [2.45, 2.75) is 0 Å². The number of anilines is 1. The average Bonchev–Trinajstić information content (AvgIpc) is 2.50. The average molecular weight is 288 g/mol. The lowest BCUT2D eigenvalue weighted by Gasteiger charge is -2.23. The molecular weight excluding hydrogens is 268 g/mol. The molecule has 1 aromatic carbocycles. The third-order valence-electron chi connectivity index (χ3n) is 3.25. The number of para-hydroxylation sites is 1. The quantitative estimate of drug-likeness (QED) is 0.521. The van der Waals surface area contributed by atoms with Crippen molar-refractivity contribution in [2.75, 3.05) is 38.3 Å². The zero-order valence-corrected chi connectivity index (χ0v) is 12.0. The SMILES string of the molecule is COCCN(CCO)c1cc(C(=N)N)c2ccccc2n1. The van der Waals surface area contributed by atoms with Gasteiger partial charge in [-0.1, -0.05) is 18.2 Å². The number of nitrogen functional groups attached to an aromatic ring is 1. The molecule has 0 aliphatic carbocycles. The van der Waals surface area contributed by atoms with Gasteiger partial charge in [0.25, 0.3) is 0 Å². The van der Waals surface area contributed by atoms with Gasteiger partial charge in [0.2, 0.25) is 0 Å². The summed E-state index contributed by atoms with van der Waals surface area (Å²) in [5.41, 5.74) is 7.11. The number of aliphatic hydroxyl groups is 1. The number of ether oxygens (including phenoxy) is 1. The van der Waals surface area contributed by atoms with Crippen LogP contribution in [-0.4, -0.2) is 49.3 Å². The van der Waals surface area contributed by atoms with Crippen LogP contribution in [0.3, 0.4) is 0 Å². The molecule has 0 bridgehead atoms. The molecule has 0 saturated heterocycles. The van der Waals surface area contributed by atoms with Crippen molar-refractivity contribution in [1.29, 1.82) is 5.41 Å². The van der Waals surface area contributed by atoms with Crippen LogP contribution in [0.2, 0.25) is 0 Å². The number of hydrogen-bond donors (Lipinski definition) is 3. The number of aliphatic hydroxyl groups excluding tert-OH is 1. The summed E-state index contributed by atoms with van der Waals surface area (Å²) in [7, 11) is 1.63. The van der Waals surface area contributed by atoms with Gasteiger partial charge in [-0.05, 0) is 12.1 Å². The van der Waals surface area contributed by atoms with E-state index in [-0.39, 0.29) is 12.4 Å². The van der Waals surface area contributed by atoms with Gasteiger partial charge in [-0.2, -0.15) is 0 Å². The first-order chi connectivity index (χ1) is 10.2. The van der Waals surface area contributed by atoms with Crippen LogP contribution in [0.1, 0.15) is 5.56 Å². The van der Waals surface area contributed by atoms with E-state index in [0.717, 1.165) is 10.9 Å². The molecule has 6 nitrogen and oxygen atoms in total. The number of rotatable bonds is 7. The predicted molar refractivity (Wildman–Crippen MR) is 83.9 cm³/mol. The number of methoxy groups -OCH3 is 1. The van der Waals surface area contributed by atoms with Crippen LogP contribution in [0.15, 0.2) is 30.3 Å². The van der Waals surface area contributed by atoms with Crippen LogP contribution >= 0.6 is 0 Å². The summed E-state index contributed by atoms with van der Waals surface area (Å²) >= 11 is 0. The lowest BCUT2D eigenvalue weighted by atomic mass is 10.1. The van der Waals surface area contributed by atoms with E-state index in [1.54, 1.807) is 13.2 Å². The summed E-state index contributed by atoms with van der Waals surface area (Å²) in [6.07, 6.45) is 0. The number of benzene rings is 1. The molecule has 0 aliphatic rings. The first-order valence-corrected chi connectivity index (χ1v) is 6.76. The van der Waals surface area contributed by atoms with Crippen LogP contribution in [-0.2, 0) is 4.74 Å². The number of fused-ring (bicyclic) bond motifs is 1. The van der Waals surface area contributed by atoms with Gasteiger partial charge in [0.1, 0.15) is 11.7 Å². The zero-order valence-electron chi connectivity index (χ0n) is 12.0. The lowest BCUT2D eigenvalue weighted by molar-refractivity contribution is 0.202. The number of hydrogen-bond acceptors (Lipinski definition) is 5. The van der Waals surface area contributed by atoms with Gasteiger partial charge in [0.15, 0.2) is 0 Å². The van der Waals surface area contributed by atoms with Gasteiger partial charge in [-0.25, -0.2) is 4.98 Å². The van der Waals surface area contributed by atoms with E-state index in [9.17, 15) is 5.11 Å². The van der Waals surface area contributed by atoms with Gasteiger partial charge in [0.05, 0.1) is 18.7 Å². The maximum absolute atomic E-state index is 9.21. The molecule has 21 heavy (non-hydrogen) atoms. The van der Waals surface area contributed by atoms with Crippen molar-refractivity contribution >= 4 is 22.6 Å². The molecule has 0 unspecified atom stereocenters. The van der Waals surface area contributed by atoms with Crippen molar-refractivity contribution in [3.8, 4) is 0 Å². The Labute approximate surface area is 123 Å². The van der Waals surface area contributed by atoms with Crippen LogP contribution in [0.5, 0.6) is 0 Å². The first-order valence-electron chi connectivity index (χ1n) is 6.76. The standard InChI is InChI=1S/C15H20N4O2/c1-21-9-7-19(6-8-20)14-10-12(15(16)17)11-4-2-3-5-13(11)18-14/h2-5,10,20H,6-9H2,1H3,(H3,16,17). The number of amidine groups is 1. The Bertz CT molecular complexity index is 630. The van der Waals surface area contributed by atoms with E-state index in [2.05, 4.69) is 4.98 Å². The van der Waals surface area contributed by atoms with Crippen molar-refractivity contribution < 1.29 is 9.84 Å². The Hall–Kier alpha value is -2.18. The summed E-state index contributed by atoms with van der Waals surface area (Å²) < 4.78 is 5.09. The minimum absolute atomic E-state index is 0.00513. The van der Waals surface area contributed by atoms with Gasteiger partial charge in [-0.15, -0.1) is 0 Å². The number of nitrogens with zero attached hydrogens (tertiary/aromatic N) is 2. The maximum atomic E-state index is 9.21. The molecule has 0 amide bonds. The fourth-order valence-corrected chi connectivity index (χ4v) is 2.21. The third-order valence-corrected chi connectivity index (χ3v) is 3.25. The first kappa shape index (κ1) is 15.2. The molecular formula is C15H20N4O2. The van der Waals surface area contributed by atoms with Gasteiger partial charge >= 0.3 is 0 Å². The number of nitrogens with two attached hydrogens (primary N) is 1. The molecule has 0 radical (unpaired) electrons. The van der Waals surface area contributed by atoms with Crippen molar-refractivity contribution in [1.82, 2.24) is 4.98 Å². The molecule has 1 heterocycles. The second kappa shape index (κ2) is 7.01. The van der Waals surface area contributed by atoms with Crippen LogP contribution in [0.25, 0.3) is 10.9 Å². The Morgan fingerprint density at radius 1 is 1.38 bits per heavy atom. The summed E-state index contributed by atoms with van der Waals surface area (Å²) in [4.78, 5) is 6.52. The number of pyridine rings is 1. The Morgan fingerprint density at radius 2 is 2.14 bits per heavy atom. The summed E-state index contributed by atoms with van der Waals surface area (Å²) in [6.45, 7) is 1.61. The molecule has 2 aromatic rings. The topological polar surface area (TPSA) is 95.5 Å². The summed E-state index contributed by atoms with van der Waals surface area (Å²) in [5, 5.41) is 17.8. The fraction of sp³-hybridized carbons (Fsp3) is 0.333. The van der Waals surface area contributed by atoms with E-state index in [4.69, 9.17) is 15.9 Å². The monoisotopic (exact) mass is 288 g/mol. The fourth-order valence-electron chi connectivity index (χ4n) is 2.21. The van der Waals surface area contributed by atoms with Crippen molar-refractivity contribution in [3.63, 3.8) is 0 Å². The predicted octanol–water partition coefficient (Wildman–Crippen LogP) is 0.964. The highest BCUT2D eigenvalue weighted by Crippen LogP contribution is 2.22.